The summed E-state index contributed by atoms with van der Waals surface area (Å²) in [5, 5.41) is 0. The second-order valence-electron chi connectivity index (χ2n) is 6.45. The van der Waals surface area contributed by atoms with Gasteiger partial charge in [-0.25, -0.2) is 0 Å². The SMILES string of the molecule is CN(CC(C)(C)N)CC1(c2ccc(Br)cc2)CC1.Cl. The second-order valence-corrected chi connectivity index (χ2v) is 7.36. The number of nitrogens with two attached hydrogens (primary N) is 1. The molecule has 1 aromatic carbocycles. The second kappa shape index (κ2) is 6.13. The summed E-state index contributed by atoms with van der Waals surface area (Å²) >= 11 is 3.50. The lowest BCUT2D eigenvalue weighted by atomic mass is 9.95. The average molecular weight is 348 g/mol. The van der Waals surface area contributed by atoms with Crippen LogP contribution in [0.1, 0.15) is 32.3 Å². The van der Waals surface area contributed by atoms with E-state index in [0.717, 1.165) is 17.6 Å². The third kappa shape index (κ3) is 4.75. The smallest absolute Gasteiger partial charge is 0.0225 e. The van der Waals surface area contributed by atoms with Gasteiger partial charge in [0.1, 0.15) is 0 Å². The maximum absolute atomic E-state index is 6.09. The van der Waals surface area contributed by atoms with E-state index in [1.165, 1.54) is 18.4 Å². The van der Waals surface area contributed by atoms with Gasteiger partial charge in [-0.3, -0.25) is 0 Å². The minimum Gasteiger partial charge on any atom is -0.324 e. The number of hydrogen-bond acceptors (Lipinski definition) is 2. The zero-order valence-electron chi connectivity index (χ0n) is 11.9. The fourth-order valence-corrected chi connectivity index (χ4v) is 3.02. The monoisotopic (exact) mass is 346 g/mol. The maximum atomic E-state index is 6.09. The van der Waals surface area contributed by atoms with E-state index >= 15 is 0 Å². The van der Waals surface area contributed by atoms with Gasteiger partial charge in [0.25, 0.3) is 0 Å². The van der Waals surface area contributed by atoms with Crippen LogP contribution in [0.3, 0.4) is 0 Å². The Hall–Kier alpha value is -0.0900. The van der Waals surface area contributed by atoms with Crippen LogP contribution in [0.4, 0.5) is 0 Å². The Labute approximate surface area is 131 Å². The molecule has 2 nitrogen and oxygen atoms in total. The molecule has 0 saturated heterocycles. The maximum Gasteiger partial charge on any atom is 0.0225 e. The summed E-state index contributed by atoms with van der Waals surface area (Å²) in [5.41, 5.74) is 7.81. The highest BCUT2D eigenvalue weighted by Gasteiger charge is 2.45. The topological polar surface area (TPSA) is 29.3 Å². The minimum atomic E-state index is -0.120. The first-order valence-corrected chi connectivity index (χ1v) is 7.34. The fourth-order valence-electron chi connectivity index (χ4n) is 2.76. The van der Waals surface area contributed by atoms with Gasteiger partial charge in [0.2, 0.25) is 0 Å². The van der Waals surface area contributed by atoms with Crippen LogP contribution in [-0.2, 0) is 5.41 Å². The van der Waals surface area contributed by atoms with Crippen LogP contribution < -0.4 is 5.73 Å². The van der Waals surface area contributed by atoms with E-state index in [0.29, 0.717) is 5.41 Å². The van der Waals surface area contributed by atoms with Crippen molar-refractivity contribution in [3.63, 3.8) is 0 Å². The Bertz CT molecular complexity index is 407. The van der Waals surface area contributed by atoms with Gasteiger partial charge in [-0.2, -0.15) is 0 Å². The number of hydrogen-bond donors (Lipinski definition) is 1. The summed E-state index contributed by atoms with van der Waals surface area (Å²) in [6, 6.07) is 8.78. The molecule has 0 atom stereocenters. The molecule has 0 radical (unpaired) electrons. The standard InChI is InChI=1S/C15H23BrN2.ClH/c1-14(2,17)10-18(3)11-15(8-9-15)12-4-6-13(16)7-5-12;/h4-7H,8-11,17H2,1-3H3;1H. The van der Waals surface area contributed by atoms with Crippen molar-refractivity contribution in [3.8, 4) is 0 Å². The summed E-state index contributed by atoms with van der Waals surface area (Å²) in [6.45, 7) is 6.21. The van der Waals surface area contributed by atoms with E-state index in [2.05, 4.69) is 66.0 Å². The molecule has 19 heavy (non-hydrogen) atoms. The van der Waals surface area contributed by atoms with E-state index in [9.17, 15) is 0 Å². The van der Waals surface area contributed by atoms with E-state index < -0.39 is 0 Å². The number of rotatable bonds is 5. The van der Waals surface area contributed by atoms with Crippen molar-refractivity contribution in [1.82, 2.24) is 4.90 Å². The Kier molecular flexibility index (Phi) is 5.47. The summed E-state index contributed by atoms with van der Waals surface area (Å²) in [5.74, 6) is 0. The fraction of sp³-hybridized carbons (Fsp3) is 0.600. The Morgan fingerprint density at radius 2 is 1.79 bits per heavy atom. The normalized spacial score (nSPS) is 17.2. The predicted octanol–water partition coefficient (Wildman–Crippen LogP) is 3.57. The van der Waals surface area contributed by atoms with Crippen LogP contribution in [0.25, 0.3) is 0 Å². The molecule has 2 N–H and O–H groups in total. The van der Waals surface area contributed by atoms with Crippen LogP contribution in [0, 0.1) is 0 Å². The molecular weight excluding hydrogens is 324 g/mol. The van der Waals surface area contributed by atoms with Crippen molar-refractivity contribution in [1.29, 1.82) is 0 Å². The highest BCUT2D eigenvalue weighted by Crippen LogP contribution is 2.48. The van der Waals surface area contributed by atoms with Crippen LogP contribution in [-0.4, -0.2) is 30.6 Å². The molecule has 1 aliphatic carbocycles. The van der Waals surface area contributed by atoms with Crippen LogP contribution in [0.2, 0.25) is 0 Å². The lowest BCUT2D eigenvalue weighted by Gasteiger charge is -2.30. The van der Waals surface area contributed by atoms with Gasteiger partial charge in [-0.05, 0) is 51.4 Å². The molecule has 0 bridgehead atoms. The summed E-state index contributed by atoms with van der Waals surface area (Å²) in [4.78, 5) is 2.37. The molecule has 0 amide bonds. The summed E-state index contributed by atoms with van der Waals surface area (Å²) in [6.07, 6.45) is 2.59. The molecule has 0 aromatic heterocycles. The molecular formula is C15H24BrClN2. The van der Waals surface area contributed by atoms with E-state index in [1.54, 1.807) is 0 Å². The van der Waals surface area contributed by atoms with Gasteiger partial charge in [0.05, 0.1) is 0 Å². The largest absolute Gasteiger partial charge is 0.324 e. The molecule has 2 rings (SSSR count). The van der Waals surface area contributed by atoms with E-state index in [-0.39, 0.29) is 17.9 Å². The number of benzene rings is 1. The van der Waals surface area contributed by atoms with Crippen LogP contribution in [0.5, 0.6) is 0 Å². The zero-order chi connectivity index (χ0) is 13.4. The quantitative estimate of drug-likeness (QED) is 0.882. The Morgan fingerprint density at radius 3 is 2.21 bits per heavy atom. The minimum absolute atomic E-state index is 0. The van der Waals surface area contributed by atoms with Crippen LogP contribution in [0.15, 0.2) is 28.7 Å². The van der Waals surface area contributed by atoms with Crippen molar-refractivity contribution < 1.29 is 0 Å². The summed E-state index contributed by atoms with van der Waals surface area (Å²) in [7, 11) is 2.17. The van der Waals surface area contributed by atoms with Gasteiger partial charge in [-0.15, -0.1) is 12.4 Å². The predicted molar refractivity (Wildman–Crippen MR) is 88.1 cm³/mol. The lowest BCUT2D eigenvalue weighted by molar-refractivity contribution is 0.249. The molecule has 1 aromatic rings. The molecule has 0 spiro atoms. The highest BCUT2D eigenvalue weighted by molar-refractivity contribution is 9.10. The highest BCUT2D eigenvalue weighted by atomic mass is 79.9. The van der Waals surface area contributed by atoms with Crippen LogP contribution >= 0.6 is 28.3 Å². The van der Waals surface area contributed by atoms with Gasteiger partial charge in [0, 0.05) is 28.5 Å². The van der Waals surface area contributed by atoms with E-state index in [4.69, 9.17) is 5.73 Å². The molecule has 1 aliphatic rings. The molecule has 0 unspecified atom stereocenters. The zero-order valence-corrected chi connectivity index (χ0v) is 14.4. The third-order valence-electron chi connectivity index (χ3n) is 3.56. The lowest BCUT2D eigenvalue weighted by Crippen LogP contribution is -2.45. The third-order valence-corrected chi connectivity index (χ3v) is 4.09. The molecule has 108 valence electrons. The molecule has 1 fully saturated rings. The number of likely N-dealkylation sites (N-methyl/N-ethyl adjacent to an activating group) is 1. The van der Waals surface area contributed by atoms with Crippen molar-refractivity contribution in [3.05, 3.63) is 34.3 Å². The first-order valence-electron chi connectivity index (χ1n) is 6.54. The van der Waals surface area contributed by atoms with Crippen molar-refractivity contribution in [2.24, 2.45) is 5.73 Å². The average Bonchev–Trinajstić information content (AvgIpc) is 2.96. The van der Waals surface area contributed by atoms with Crippen molar-refractivity contribution >= 4 is 28.3 Å². The molecule has 4 heteroatoms. The van der Waals surface area contributed by atoms with E-state index in [1.807, 2.05) is 0 Å². The first kappa shape index (κ1) is 17.0. The van der Waals surface area contributed by atoms with Crippen molar-refractivity contribution in [2.45, 2.75) is 37.6 Å². The Morgan fingerprint density at radius 1 is 1.26 bits per heavy atom. The van der Waals surface area contributed by atoms with Gasteiger partial charge in [0.15, 0.2) is 0 Å². The van der Waals surface area contributed by atoms with Gasteiger partial charge < -0.3 is 10.6 Å². The number of nitrogens with zero attached hydrogens (tertiary/aromatic N) is 1. The molecule has 0 heterocycles. The van der Waals surface area contributed by atoms with Crippen molar-refractivity contribution in [2.75, 3.05) is 20.1 Å². The number of halogens is 2. The first-order chi connectivity index (χ1) is 8.31. The van der Waals surface area contributed by atoms with Gasteiger partial charge >= 0.3 is 0 Å². The Balaban J connectivity index is 0.00000180. The summed E-state index contributed by atoms with van der Waals surface area (Å²) < 4.78 is 1.15. The molecule has 0 aliphatic heterocycles. The van der Waals surface area contributed by atoms with Gasteiger partial charge in [-0.1, -0.05) is 28.1 Å². The molecule has 1 saturated carbocycles.